The molecule has 0 saturated heterocycles. The molecule has 0 aliphatic heterocycles. The molecule has 3 heteroatoms. The van der Waals surface area contributed by atoms with Crippen molar-refractivity contribution in [2.75, 3.05) is 0 Å². The van der Waals surface area contributed by atoms with E-state index in [0.717, 1.165) is 5.75 Å². The molecule has 0 saturated carbocycles. The predicted octanol–water partition coefficient (Wildman–Crippen LogP) is 3.85. The zero-order valence-corrected chi connectivity index (χ0v) is 9.74. The summed E-state index contributed by atoms with van der Waals surface area (Å²) in [5.74, 6) is 0.731. The van der Waals surface area contributed by atoms with E-state index >= 15 is 0 Å². The second-order valence-corrected chi connectivity index (χ2v) is 4.96. The molecule has 0 aliphatic rings. The van der Waals surface area contributed by atoms with Crippen molar-refractivity contribution in [2.45, 2.75) is 5.75 Å². The number of hydrogen-bond acceptors (Lipinski definition) is 3. The summed E-state index contributed by atoms with van der Waals surface area (Å²) in [5.41, 5.74) is 1.23. The molecular formula is C12H10OS2. The maximum Gasteiger partial charge on any atom is 0.211 e. The van der Waals surface area contributed by atoms with Gasteiger partial charge in [0.15, 0.2) is 0 Å². The Labute approximate surface area is 96.8 Å². The quantitative estimate of drug-likeness (QED) is 0.750. The zero-order valence-electron chi connectivity index (χ0n) is 8.10. The first-order chi connectivity index (χ1) is 7.31. The maximum atomic E-state index is 11.1. The van der Waals surface area contributed by atoms with Gasteiger partial charge in [0.05, 0.1) is 0 Å². The first-order valence-corrected chi connectivity index (χ1v) is 6.42. The van der Waals surface area contributed by atoms with Crippen molar-refractivity contribution in [1.82, 2.24) is 0 Å². The van der Waals surface area contributed by atoms with Crippen molar-refractivity contribution in [3.05, 3.63) is 47.9 Å². The molecular weight excluding hydrogens is 224 g/mol. The van der Waals surface area contributed by atoms with E-state index in [0.29, 0.717) is 0 Å². The van der Waals surface area contributed by atoms with Gasteiger partial charge in [0.25, 0.3) is 0 Å². The number of fused-ring (bicyclic) bond motifs is 1. The molecule has 15 heavy (non-hydrogen) atoms. The Balaban J connectivity index is 2.21. The van der Waals surface area contributed by atoms with Crippen LogP contribution in [0.25, 0.3) is 10.1 Å². The summed E-state index contributed by atoms with van der Waals surface area (Å²) in [6, 6.07) is 8.26. The van der Waals surface area contributed by atoms with Crippen LogP contribution in [0.1, 0.15) is 5.56 Å². The van der Waals surface area contributed by atoms with Crippen molar-refractivity contribution >= 4 is 38.3 Å². The van der Waals surface area contributed by atoms with E-state index in [4.69, 9.17) is 0 Å². The Morgan fingerprint density at radius 2 is 2.27 bits per heavy atom. The van der Waals surface area contributed by atoms with Crippen LogP contribution in [0.2, 0.25) is 0 Å². The van der Waals surface area contributed by atoms with Gasteiger partial charge in [0.2, 0.25) is 5.12 Å². The Morgan fingerprint density at radius 3 is 3.07 bits per heavy atom. The first kappa shape index (κ1) is 10.5. The van der Waals surface area contributed by atoms with Crippen LogP contribution in [0.4, 0.5) is 0 Å². The highest BCUT2D eigenvalue weighted by atomic mass is 32.2. The molecule has 1 aromatic heterocycles. The molecule has 76 valence electrons. The van der Waals surface area contributed by atoms with Crippen LogP contribution in [-0.4, -0.2) is 5.12 Å². The van der Waals surface area contributed by atoms with Crippen molar-refractivity contribution in [3.63, 3.8) is 0 Å². The van der Waals surface area contributed by atoms with Crippen LogP contribution in [0.15, 0.2) is 42.3 Å². The molecule has 0 fully saturated rings. The number of carbonyl (C=O) groups is 1. The molecule has 2 rings (SSSR count). The van der Waals surface area contributed by atoms with Gasteiger partial charge in [-0.15, -0.1) is 11.3 Å². The predicted molar refractivity (Wildman–Crippen MR) is 68.3 cm³/mol. The highest BCUT2D eigenvalue weighted by molar-refractivity contribution is 8.13. The molecule has 0 atom stereocenters. The second-order valence-electron chi connectivity index (χ2n) is 3.07. The summed E-state index contributed by atoms with van der Waals surface area (Å²) in [6.07, 6.45) is 1.36. The Hall–Kier alpha value is -1.06. The Kier molecular flexibility index (Phi) is 3.23. The number of hydrogen-bond donors (Lipinski definition) is 0. The molecule has 0 N–H and O–H groups in total. The number of thioether (sulfide) groups is 1. The average molecular weight is 234 g/mol. The van der Waals surface area contributed by atoms with E-state index in [9.17, 15) is 4.79 Å². The van der Waals surface area contributed by atoms with Crippen molar-refractivity contribution in [2.24, 2.45) is 0 Å². The molecule has 0 spiro atoms. The first-order valence-electron chi connectivity index (χ1n) is 4.55. The summed E-state index contributed by atoms with van der Waals surface area (Å²) in [4.78, 5) is 11.1. The van der Waals surface area contributed by atoms with Gasteiger partial charge in [-0.05, 0) is 28.5 Å². The molecule has 0 radical (unpaired) electrons. The summed E-state index contributed by atoms with van der Waals surface area (Å²) >= 11 is 3.02. The van der Waals surface area contributed by atoms with Crippen molar-refractivity contribution < 1.29 is 4.79 Å². The highest BCUT2D eigenvalue weighted by Gasteiger charge is 2.04. The lowest BCUT2D eigenvalue weighted by atomic mass is 10.2. The number of rotatable bonds is 3. The number of thiophene rings is 1. The van der Waals surface area contributed by atoms with E-state index in [1.807, 2.05) is 12.1 Å². The minimum atomic E-state index is 0.0327. The number of benzene rings is 1. The largest absolute Gasteiger partial charge is 0.282 e. The van der Waals surface area contributed by atoms with Gasteiger partial charge in [-0.25, -0.2) is 0 Å². The fourth-order valence-electron chi connectivity index (χ4n) is 1.35. The summed E-state index contributed by atoms with van der Waals surface area (Å²) in [5, 5.41) is 3.41. The summed E-state index contributed by atoms with van der Waals surface area (Å²) < 4.78 is 1.28. The molecule has 0 amide bonds. The van der Waals surface area contributed by atoms with Gasteiger partial charge < -0.3 is 0 Å². The molecule has 1 heterocycles. The van der Waals surface area contributed by atoms with Gasteiger partial charge in [-0.3, -0.25) is 4.79 Å². The molecule has 1 nitrogen and oxygen atoms in total. The molecule has 0 aliphatic carbocycles. The highest BCUT2D eigenvalue weighted by Crippen LogP contribution is 2.28. The van der Waals surface area contributed by atoms with Gasteiger partial charge in [0, 0.05) is 10.5 Å². The van der Waals surface area contributed by atoms with Gasteiger partial charge in [0.1, 0.15) is 0 Å². The summed E-state index contributed by atoms with van der Waals surface area (Å²) in [6.45, 7) is 3.46. The third kappa shape index (κ3) is 2.30. The number of carbonyl (C=O) groups excluding carboxylic acids is 1. The lowest BCUT2D eigenvalue weighted by Gasteiger charge is -1.96. The van der Waals surface area contributed by atoms with E-state index in [1.165, 1.54) is 33.5 Å². The van der Waals surface area contributed by atoms with Crippen LogP contribution in [-0.2, 0) is 10.5 Å². The third-order valence-electron chi connectivity index (χ3n) is 2.10. The van der Waals surface area contributed by atoms with E-state index in [-0.39, 0.29) is 5.12 Å². The minimum absolute atomic E-state index is 0.0327. The maximum absolute atomic E-state index is 11.1. The lowest BCUT2D eigenvalue weighted by Crippen LogP contribution is -1.85. The van der Waals surface area contributed by atoms with Crippen LogP contribution in [0.5, 0.6) is 0 Å². The molecule has 2 aromatic rings. The van der Waals surface area contributed by atoms with Crippen LogP contribution in [0, 0.1) is 0 Å². The minimum Gasteiger partial charge on any atom is -0.282 e. The van der Waals surface area contributed by atoms with Gasteiger partial charge in [-0.2, -0.15) is 0 Å². The third-order valence-corrected chi connectivity index (χ3v) is 4.02. The standard InChI is InChI=1S/C12H10OS2/c1-2-12(13)15-8-9-7-14-11-6-4-3-5-10(9)11/h2-7H,1,8H2. The second kappa shape index (κ2) is 4.64. The Morgan fingerprint density at radius 1 is 1.47 bits per heavy atom. The van der Waals surface area contributed by atoms with E-state index in [2.05, 4.69) is 24.1 Å². The molecule has 0 bridgehead atoms. The molecule has 0 unspecified atom stereocenters. The average Bonchev–Trinajstić information content (AvgIpc) is 2.69. The summed E-state index contributed by atoms with van der Waals surface area (Å²) in [7, 11) is 0. The smallest absolute Gasteiger partial charge is 0.211 e. The van der Waals surface area contributed by atoms with E-state index in [1.54, 1.807) is 11.3 Å². The van der Waals surface area contributed by atoms with E-state index < -0.39 is 0 Å². The fourth-order valence-corrected chi connectivity index (χ4v) is 3.08. The normalized spacial score (nSPS) is 10.4. The monoisotopic (exact) mass is 234 g/mol. The topological polar surface area (TPSA) is 17.1 Å². The SMILES string of the molecule is C=CC(=O)SCc1csc2ccccc12. The lowest BCUT2D eigenvalue weighted by molar-refractivity contribution is -0.107. The molecule has 1 aromatic carbocycles. The fraction of sp³-hybridized carbons (Fsp3) is 0.0833. The zero-order chi connectivity index (χ0) is 10.7. The van der Waals surface area contributed by atoms with Gasteiger partial charge >= 0.3 is 0 Å². The van der Waals surface area contributed by atoms with Crippen LogP contribution in [0.3, 0.4) is 0 Å². The van der Waals surface area contributed by atoms with Gasteiger partial charge in [-0.1, -0.05) is 36.5 Å². The van der Waals surface area contributed by atoms with Crippen molar-refractivity contribution in [3.8, 4) is 0 Å². The van der Waals surface area contributed by atoms with Crippen LogP contribution < -0.4 is 0 Å². The van der Waals surface area contributed by atoms with Crippen molar-refractivity contribution in [1.29, 1.82) is 0 Å². The Bertz CT molecular complexity index is 499. The van der Waals surface area contributed by atoms with Crippen LogP contribution >= 0.6 is 23.1 Å².